The van der Waals surface area contributed by atoms with Crippen LogP contribution in [0.1, 0.15) is 65.5 Å². The Hall–Kier alpha value is -7.36. The maximum Gasteiger partial charge on any atom is 0.292 e. The van der Waals surface area contributed by atoms with Crippen LogP contribution in [-0.2, 0) is 10.2 Å². The Morgan fingerprint density at radius 1 is 0.463 bits per heavy atom. The molecular formula is C44H45N5O5. The van der Waals surface area contributed by atoms with Crippen LogP contribution in [-0.4, -0.2) is 6.08 Å². The number of hydrogen-bond acceptors (Lipinski definition) is 10. The van der Waals surface area contributed by atoms with Crippen molar-refractivity contribution >= 4 is 11.8 Å². The highest BCUT2D eigenvalue weighted by Gasteiger charge is 2.23. The number of para-hydroxylation sites is 3. The molecule has 0 saturated carbocycles. The summed E-state index contributed by atoms with van der Waals surface area (Å²) in [6.45, 7) is 12.7. The Bertz CT molecular complexity index is 1780. The molecule has 0 heterocycles. The molecule has 0 amide bonds. The van der Waals surface area contributed by atoms with Gasteiger partial charge in [0.15, 0.2) is 0 Å². The molecule has 5 rings (SSSR count). The van der Waals surface area contributed by atoms with Crippen LogP contribution in [0.4, 0.5) is 5.69 Å². The Balaban J connectivity index is 0.000000713. The normalized spacial score (nSPS) is 8.63. The summed E-state index contributed by atoms with van der Waals surface area (Å²) < 4.78 is 18.3. The Kier molecular flexibility index (Phi) is 26.3. The minimum atomic E-state index is -0.214. The molecule has 0 fully saturated rings. The monoisotopic (exact) mass is 723 g/mol. The molecule has 5 aromatic carbocycles. The highest BCUT2D eigenvalue weighted by atomic mass is 16.5. The third kappa shape index (κ3) is 21.0. The summed E-state index contributed by atoms with van der Waals surface area (Å²) in [6.07, 6.45) is 10.4. The first kappa shape index (κ1) is 46.6. The van der Waals surface area contributed by atoms with Crippen molar-refractivity contribution in [1.82, 2.24) is 0 Å². The lowest BCUT2D eigenvalue weighted by Crippen LogP contribution is -2.18. The van der Waals surface area contributed by atoms with Crippen LogP contribution >= 0.6 is 0 Å². The van der Waals surface area contributed by atoms with Crippen LogP contribution in [0.5, 0.6) is 23.0 Å². The SMILES string of the molecule is CC(C)(c1ccc(N=C=O)cc1)c1ccc(OC#N)cc1.CCC.CCC.N#COc1ccccc1.N#COc1ccccc1.N#COc1ccccc1. The van der Waals surface area contributed by atoms with Gasteiger partial charge >= 0.3 is 0 Å². The van der Waals surface area contributed by atoms with Gasteiger partial charge in [-0.15, -0.1) is 21.0 Å². The number of hydrogen-bond donors (Lipinski definition) is 0. The van der Waals surface area contributed by atoms with Crippen molar-refractivity contribution in [3.8, 4) is 48.0 Å². The molecule has 0 unspecified atom stereocenters. The van der Waals surface area contributed by atoms with E-state index < -0.39 is 0 Å². The number of ether oxygens (including phenoxy) is 4. The topological polar surface area (TPSA) is 162 Å². The lowest BCUT2D eigenvalue weighted by molar-refractivity contribution is 0.506. The Morgan fingerprint density at radius 3 is 0.981 bits per heavy atom. The molecule has 0 aromatic heterocycles. The van der Waals surface area contributed by atoms with E-state index in [1.54, 1.807) is 85.7 Å². The second kappa shape index (κ2) is 30.5. The number of carbonyl (C=O) groups excluding carboxylic acids is 1. The Morgan fingerprint density at radius 2 is 0.722 bits per heavy atom. The molecule has 5 aromatic rings. The summed E-state index contributed by atoms with van der Waals surface area (Å²) in [7, 11) is 0. The summed E-state index contributed by atoms with van der Waals surface area (Å²) in [5.41, 5.74) is 2.57. The van der Waals surface area contributed by atoms with E-state index >= 15 is 0 Å². The van der Waals surface area contributed by atoms with E-state index in [-0.39, 0.29) is 5.41 Å². The van der Waals surface area contributed by atoms with Crippen LogP contribution in [0.15, 0.2) is 145 Å². The average molecular weight is 724 g/mol. The molecule has 0 saturated heterocycles. The van der Waals surface area contributed by atoms with Gasteiger partial charge in [-0.2, -0.15) is 4.99 Å². The molecular weight excluding hydrogens is 679 g/mol. The zero-order valence-electron chi connectivity index (χ0n) is 31.5. The molecule has 0 bridgehead atoms. The van der Waals surface area contributed by atoms with E-state index in [9.17, 15) is 4.79 Å². The van der Waals surface area contributed by atoms with Crippen LogP contribution in [0, 0.1) is 46.1 Å². The summed E-state index contributed by atoms with van der Waals surface area (Å²) in [4.78, 5) is 13.8. The van der Waals surface area contributed by atoms with Crippen LogP contribution in [0.25, 0.3) is 0 Å². The fourth-order valence-electron chi connectivity index (χ4n) is 3.79. The molecule has 0 radical (unpaired) electrons. The summed E-state index contributed by atoms with van der Waals surface area (Å²) >= 11 is 0. The fourth-order valence-corrected chi connectivity index (χ4v) is 3.79. The van der Waals surface area contributed by atoms with Crippen molar-refractivity contribution in [3.63, 3.8) is 0 Å². The Labute approximate surface area is 319 Å². The van der Waals surface area contributed by atoms with Crippen LogP contribution in [0.3, 0.4) is 0 Å². The number of nitrogens with zero attached hydrogens (tertiary/aromatic N) is 5. The van der Waals surface area contributed by atoms with Gasteiger partial charge in [-0.05, 0) is 71.8 Å². The van der Waals surface area contributed by atoms with Crippen molar-refractivity contribution in [1.29, 1.82) is 21.0 Å². The second-order valence-electron chi connectivity index (χ2n) is 11.0. The smallest absolute Gasteiger partial charge is 0.292 e. The predicted octanol–water partition coefficient (Wildman–Crippen LogP) is 11.3. The van der Waals surface area contributed by atoms with Gasteiger partial charge < -0.3 is 18.9 Å². The number of nitriles is 4. The minimum Gasteiger partial charge on any atom is -0.388 e. The van der Waals surface area contributed by atoms with Crippen LogP contribution in [0.2, 0.25) is 0 Å². The van der Waals surface area contributed by atoms with Gasteiger partial charge in [0.05, 0.1) is 5.69 Å². The first-order valence-electron chi connectivity index (χ1n) is 16.9. The summed E-state index contributed by atoms with van der Waals surface area (Å²) in [5, 5.41) is 32.6. The maximum absolute atomic E-state index is 10.2. The van der Waals surface area contributed by atoms with E-state index in [1.807, 2.05) is 78.9 Å². The quantitative estimate of drug-likeness (QED) is 0.0903. The van der Waals surface area contributed by atoms with Crippen molar-refractivity contribution < 1.29 is 23.7 Å². The molecule has 0 aliphatic carbocycles. The van der Waals surface area contributed by atoms with E-state index in [1.165, 1.54) is 18.9 Å². The lowest BCUT2D eigenvalue weighted by Gasteiger charge is -2.26. The highest BCUT2D eigenvalue weighted by molar-refractivity contribution is 5.51. The molecule has 54 heavy (non-hydrogen) atoms. The van der Waals surface area contributed by atoms with Gasteiger partial charge in [0.25, 0.3) is 25.0 Å². The van der Waals surface area contributed by atoms with E-state index in [0.717, 1.165) is 11.1 Å². The van der Waals surface area contributed by atoms with E-state index in [2.05, 4.69) is 60.7 Å². The van der Waals surface area contributed by atoms with E-state index in [4.69, 9.17) is 25.8 Å². The molecule has 10 nitrogen and oxygen atoms in total. The van der Waals surface area contributed by atoms with Crippen LogP contribution < -0.4 is 18.9 Å². The zero-order valence-corrected chi connectivity index (χ0v) is 31.5. The largest absolute Gasteiger partial charge is 0.388 e. The molecule has 0 N–H and O–H groups in total. The molecule has 0 spiro atoms. The fraction of sp³-hybridized carbons (Fsp3) is 0.205. The molecule has 0 atom stereocenters. The number of isocyanates is 1. The zero-order chi connectivity index (χ0) is 40.3. The first-order chi connectivity index (χ1) is 26.2. The predicted molar refractivity (Wildman–Crippen MR) is 209 cm³/mol. The van der Waals surface area contributed by atoms with Gasteiger partial charge in [-0.3, -0.25) is 0 Å². The highest BCUT2D eigenvalue weighted by Crippen LogP contribution is 2.33. The number of benzene rings is 5. The summed E-state index contributed by atoms with van der Waals surface area (Å²) in [5.74, 6) is 2.27. The second-order valence-corrected chi connectivity index (χ2v) is 11.0. The summed E-state index contributed by atoms with van der Waals surface area (Å²) in [6, 6.07) is 41.7. The van der Waals surface area contributed by atoms with Gasteiger partial charge in [-0.25, -0.2) is 4.79 Å². The molecule has 0 aliphatic heterocycles. The molecule has 276 valence electrons. The number of rotatable bonds is 7. The lowest BCUT2D eigenvalue weighted by atomic mass is 9.78. The molecule has 10 heteroatoms. The first-order valence-corrected chi connectivity index (χ1v) is 16.9. The van der Waals surface area contributed by atoms with Gasteiger partial charge in [0, 0.05) is 5.41 Å². The van der Waals surface area contributed by atoms with Gasteiger partial charge in [0.1, 0.15) is 23.0 Å². The minimum absolute atomic E-state index is 0.214. The van der Waals surface area contributed by atoms with Crippen molar-refractivity contribution in [3.05, 3.63) is 151 Å². The van der Waals surface area contributed by atoms with Gasteiger partial charge in [0.2, 0.25) is 6.08 Å². The third-order valence-corrected chi connectivity index (χ3v) is 6.22. The van der Waals surface area contributed by atoms with Crippen molar-refractivity contribution in [2.75, 3.05) is 0 Å². The third-order valence-electron chi connectivity index (χ3n) is 6.22. The number of aliphatic imine (C=N–C) groups is 1. The van der Waals surface area contributed by atoms with E-state index in [0.29, 0.717) is 28.7 Å². The average Bonchev–Trinajstić information content (AvgIpc) is 3.19. The van der Waals surface area contributed by atoms with Gasteiger partial charge in [-0.1, -0.05) is 133 Å². The maximum atomic E-state index is 10.2. The van der Waals surface area contributed by atoms with Crippen molar-refractivity contribution in [2.24, 2.45) is 4.99 Å². The standard InChI is InChI=1S/C17H14N2O2.3C7H5NO.2C3H8/c1-17(2,13-3-7-15(8-4-13)19-12-20)14-5-9-16(10-6-14)21-11-18;3*8-6-9-7-4-2-1-3-5-7;2*1-3-2/h3-10H,1-2H3;3*1-5H;2*3H2,1-2H3. The molecule has 0 aliphatic rings. The van der Waals surface area contributed by atoms with Crippen molar-refractivity contribution in [2.45, 2.75) is 59.8 Å².